The summed E-state index contributed by atoms with van der Waals surface area (Å²) >= 11 is 0. The predicted molar refractivity (Wildman–Crippen MR) is 129 cm³/mol. The molecule has 182 valence electrons. The Morgan fingerprint density at radius 2 is 1.85 bits per heavy atom. The van der Waals surface area contributed by atoms with Crippen molar-refractivity contribution in [3.8, 4) is 11.5 Å². The van der Waals surface area contributed by atoms with Crippen LogP contribution in [0.3, 0.4) is 0 Å². The molecule has 0 unspecified atom stereocenters. The lowest BCUT2D eigenvalue weighted by atomic mass is 9.91. The first-order chi connectivity index (χ1) is 16.1. The van der Waals surface area contributed by atoms with E-state index in [1.54, 1.807) is 0 Å². The lowest BCUT2D eigenvalue weighted by Gasteiger charge is -2.32. The molecule has 2 atom stereocenters. The molecule has 2 aliphatic heterocycles. The van der Waals surface area contributed by atoms with Crippen LogP contribution in [-0.4, -0.2) is 52.2 Å². The molecule has 1 N–H and O–H groups in total. The number of ether oxygens (including phenoxy) is 2. The molecule has 2 aromatic carbocycles. The lowest BCUT2D eigenvalue weighted by Crippen LogP contribution is -2.42. The molecule has 7 nitrogen and oxygen atoms in total. The van der Waals surface area contributed by atoms with Crippen molar-refractivity contribution in [3.05, 3.63) is 59.2 Å². The molecule has 2 aromatic rings. The topological polar surface area (TPSA) is 79.3 Å². The molecule has 0 aromatic heterocycles. The summed E-state index contributed by atoms with van der Waals surface area (Å²) in [6.45, 7) is 9.84. The molecule has 2 heterocycles. The molecule has 2 aliphatic rings. The van der Waals surface area contributed by atoms with E-state index in [4.69, 9.17) is 9.47 Å². The van der Waals surface area contributed by atoms with Crippen LogP contribution in [0.25, 0.3) is 0 Å². The van der Waals surface area contributed by atoms with E-state index in [9.17, 15) is 14.7 Å². The number of carboxylic acid groups (broad SMARTS) is 1. The van der Waals surface area contributed by atoms with Gasteiger partial charge in [0.2, 0.25) is 12.7 Å². The Morgan fingerprint density at radius 1 is 1.09 bits per heavy atom. The predicted octanol–water partition coefficient (Wildman–Crippen LogP) is 4.22. The first-order valence-corrected chi connectivity index (χ1v) is 11.8. The van der Waals surface area contributed by atoms with Gasteiger partial charge in [0.05, 0.1) is 0 Å². The van der Waals surface area contributed by atoms with Crippen LogP contribution in [0.1, 0.15) is 50.3 Å². The van der Waals surface area contributed by atoms with Crippen LogP contribution in [0.4, 0.5) is 0 Å². The zero-order valence-corrected chi connectivity index (χ0v) is 20.4. The Bertz CT molecular complexity index is 1060. The monoisotopic (exact) mass is 466 g/mol. The molecule has 0 spiro atoms. The second-order valence-corrected chi connectivity index (χ2v) is 10.6. The number of aryl methyl sites for hydroxylation is 1. The normalized spacial score (nSPS) is 19.9. The van der Waals surface area contributed by atoms with Gasteiger partial charge in [-0.15, -0.1) is 0 Å². The van der Waals surface area contributed by atoms with Crippen molar-refractivity contribution in [1.29, 1.82) is 0 Å². The maximum atomic E-state index is 13.4. The molecule has 1 saturated heterocycles. The van der Waals surface area contributed by atoms with Gasteiger partial charge in [0, 0.05) is 32.1 Å². The van der Waals surface area contributed by atoms with Crippen molar-refractivity contribution in [1.82, 2.24) is 9.80 Å². The summed E-state index contributed by atoms with van der Waals surface area (Å²) in [5, 5.41) is 9.98. The van der Waals surface area contributed by atoms with Gasteiger partial charge >= 0.3 is 5.97 Å². The Kier molecular flexibility index (Phi) is 6.84. The zero-order chi connectivity index (χ0) is 24.5. The van der Waals surface area contributed by atoms with E-state index >= 15 is 0 Å². The third-order valence-electron chi connectivity index (χ3n) is 6.37. The third-order valence-corrected chi connectivity index (χ3v) is 6.37. The number of rotatable bonds is 7. The van der Waals surface area contributed by atoms with Gasteiger partial charge < -0.3 is 19.5 Å². The van der Waals surface area contributed by atoms with E-state index in [2.05, 4.69) is 26.8 Å². The van der Waals surface area contributed by atoms with Crippen molar-refractivity contribution in [3.63, 3.8) is 0 Å². The fraction of sp³-hybridized carbons (Fsp3) is 0.481. The number of benzene rings is 2. The molecule has 4 rings (SSSR count). The van der Waals surface area contributed by atoms with Crippen LogP contribution in [0, 0.1) is 12.3 Å². The Morgan fingerprint density at radius 3 is 2.56 bits per heavy atom. The molecule has 0 aliphatic carbocycles. The van der Waals surface area contributed by atoms with Gasteiger partial charge in [-0.05, 0) is 42.0 Å². The van der Waals surface area contributed by atoms with Crippen molar-refractivity contribution < 1.29 is 24.2 Å². The van der Waals surface area contributed by atoms with Crippen LogP contribution in [0.5, 0.6) is 11.5 Å². The van der Waals surface area contributed by atoms with E-state index in [1.807, 2.05) is 53.1 Å². The number of carbonyl (C=O) groups excluding carboxylic acids is 1. The van der Waals surface area contributed by atoms with Gasteiger partial charge in [0.1, 0.15) is 6.04 Å². The van der Waals surface area contributed by atoms with Crippen molar-refractivity contribution in [2.24, 2.45) is 5.41 Å². The van der Waals surface area contributed by atoms with Gasteiger partial charge in [-0.3, -0.25) is 14.5 Å². The highest BCUT2D eigenvalue weighted by molar-refractivity contribution is 5.78. The fourth-order valence-electron chi connectivity index (χ4n) is 4.79. The summed E-state index contributed by atoms with van der Waals surface area (Å²) in [5.41, 5.74) is 3.00. The van der Waals surface area contributed by atoms with Crippen LogP contribution >= 0.6 is 0 Å². The zero-order valence-electron chi connectivity index (χ0n) is 20.4. The number of nitrogens with zero attached hydrogens (tertiary/aromatic N) is 2. The summed E-state index contributed by atoms with van der Waals surface area (Å²) in [4.78, 5) is 29.5. The highest BCUT2D eigenvalue weighted by Gasteiger charge is 2.41. The quantitative estimate of drug-likeness (QED) is 0.658. The molecule has 34 heavy (non-hydrogen) atoms. The van der Waals surface area contributed by atoms with Gasteiger partial charge in [-0.2, -0.15) is 0 Å². The fourth-order valence-corrected chi connectivity index (χ4v) is 4.79. The number of fused-ring (bicyclic) bond motifs is 1. The minimum absolute atomic E-state index is 0.0630. The SMILES string of the molecule is Cc1cccc(CN(C(=O)CC(C)(C)C)[C@@H]2C[C@@H](C(=O)O)N(Cc3ccc4c(c3)OCO4)C2)c1. The minimum atomic E-state index is -0.859. The molecular weight excluding hydrogens is 432 g/mol. The summed E-state index contributed by atoms with van der Waals surface area (Å²) in [6, 6.07) is 13.0. The van der Waals surface area contributed by atoms with Gasteiger partial charge in [0.15, 0.2) is 11.5 Å². The number of hydrogen-bond donors (Lipinski definition) is 1. The Labute approximate surface area is 201 Å². The van der Waals surface area contributed by atoms with Crippen molar-refractivity contribution in [2.75, 3.05) is 13.3 Å². The minimum Gasteiger partial charge on any atom is -0.480 e. The molecule has 1 amide bonds. The van der Waals surface area contributed by atoms with Gasteiger partial charge in [0.25, 0.3) is 0 Å². The van der Waals surface area contributed by atoms with Crippen molar-refractivity contribution >= 4 is 11.9 Å². The maximum Gasteiger partial charge on any atom is 0.321 e. The van der Waals surface area contributed by atoms with Crippen LogP contribution in [-0.2, 0) is 22.7 Å². The molecule has 0 saturated carbocycles. The first kappa shape index (κ1) is 24.1. The van der Waals surface area contributed by atoms with Gasteiger partial charge in [-0.1, -0.05) is 56.7 Å². The number of likely N-dealkylation sites (tertiary alicyclic amines) is 1. The smallest absolute Gasteiger partial charge is 0.321 e. The Balaban J connectivity index is 1.56. The number of hydrogen-bond acceptors (Lipinski definition) is 5. The maximum absolute atomic E-state index is 13.4. The van der Waals surface area contributed by atoms with Crippen molar-refractivity contribution in [2.45, 2.75) is 65.7 Å². The molecular formula is C27H34N2O5. The first-order valence-electron chi connectivity index (χ1n) is 11.8. The Hall–Kier alpha value is -3.06. The lowest BCUT2D eigenvalue weighted by molar-refractivity contribution is -0.142. The van der Waals surface area contributed by atoms with E-state index < -0.39 is 12.0 Å². The largest absolute Gasteiger partial charge is 0.480 e. The summed E-state index contributed by atoms with van der Waals surface area (Å²) < 4.78 is 10.9. The molecule has 1 fully saturated rings. The molecule has 7 heteroatoms. The van der Waals surface area contributed by atoms with E-state index in [0.717, 1.165) is 16.7 Å². The number of aliphatic carboxylic acids is 1. The average molecular weight is 467 g/mol. The number of carboxylic acids is 1. The highest BCUT2D eigenvalue weighted by atomic mass is 16.7. The van der Waals surface area contributed by atoms with Crippen LogP contribution in [0.15, 0.2) is 42.5 Å². The average Bonchev–Trinajstić information content (AvgIpc) is 3.37. The highest BCUT2D eigenvalue weighted by Crippen LogP contribution is 2.34. The van der Waals surface area contributed by atoms with E-state index in [-0.39, 0.29) is 24.2 Å². The molecule has 0 radical (unpaired) electrons. The standard InChI is InChI=1S/C27H34N2O5/c1-18-6-5-7-19(10-18)15-29(25(30)13-27(2,3)4)21-12-22(26(31)32)28(16-21)14-20-8-9-23-24(11-20)34-17-33-23/h5-11,21-22H,12-17H2,1-4H3,(H,31,32)/t21-,22+/m1/s1. The third kappa shape index (κ3) is 5.70. The van der Waals surface area contributed by atoms with Crippen LogP contribution in [0.2, 0.25) is 0 Å². The molecule has 0 bridgehead atoms. The summed E-state index contributed by atoms with van der Waals surface area (Å²) in [5.74, 6) is 0.589. The summed E-state index contributed by atoms with van der Waals surface area (Å²) in [6.07, 6.45) is 0.816. The summed E-state index contributed by atoms with van der Waals surface area (Å²) in [7, 11) is 0. The van der Waals surface area contributed by atoms with Crippen LogP contribution < -0.4 is 9.47 Å². The number of carbonyl (C=O) groups is 2. The second kappa shape index (κ2) is 9.66. The van der Waals surface area contributed by atoms with Gasteiger partial charge in [-0.25, -0.2) is 0 Å². The van der Waals surface area contributed by atoms with E-state index in [1.165, 1.54) is 0 Å². The number of amides is 1. The van der Waals surface area contributed by atoms with E-state index in [0.29, 0.717) is 44.0 Å². The second-order valence-electron chi connectivity index (χ2n) is 10.6.